The van der Waals surface area contributed by atoms with Crippen molar-refractivity contribution in [3.8, 4) is 0 Å². The van der Waals surface area contributed by atoms with E-state index in [1.54, 1.807) is 0 Å². The van der Waals surface area contributed by atoms with Gasteiger partial charge in [-0.2, -0.15) is 0 Å². The molecule has 0 bridgehead atoms. The number of hydrogen-bond donors (Lipinski definition) is 11. The summed E-state index contributed by atoms with van der Waals surface area (Å²) in [6.07, 6.45) is -3.18. The van der Waals surface area contributed by atoms with Crippen molar-refractivity contribution in [2.75, 3.05) is 26.2 Å². The standard InChI is InChI=1S/C23H41N5O7/c24-10-19(30)26-13-21(32)28-17(8-14-4-2-1-3-5-14)23(35)27-12-20(31)25-11-18(29)16(9-22(33)34)15-6-7-15/h1-5,15-21,23,25-32,35H,6-13,24H2,(H,33,34)/t16-,17-,18+,19-,20-,21-,23-/m0/s1. The van der Waals surface area contributed by atoms with Gasteiger partial charge >= 0.3 is 5.97 Å². The van der Waals surface area contributed by atoms with Crippen LogP contribution < -0.4 is 27.0 Å². The van der Waals surface area contributed by atoms with E-state index in [0.29, 0.717) is 6.42 Å². The van der Waals surface area contributed by atoms with Crippen molar-refractivity contribution in [2.45, 2.75) is 62.7 Å². The molecular formula is C23H41N5O7. The molecule has 12 heteroatoms. The van der Waals surface area contributed by atoms with E-state index in [-0.39, 0.29) is 44.4 Å². The highest BCUT2D eigenvalue weighted by atomic mass is 16.4. The van der Waals surface area contributed by atoms with Crippen LogP contribution >= 0.6 is 0 Å². The summed E-state index contributed by atoms with van der Waals surface area (Å²) < 4.78 is 0. The first-order chi connectivity index (χ1) is 16.7. The van der Waals surface area contributed by atoms with Crippen LogP contribution in [0.4, 0.5) is 0 Å². The molecule has 1 aliphatic carbocycles. The zero-order valence-corrected chi connectivity index (χ0v) is 19.8. The molecule has 1 aliphatic rings. The molecule has 0 saturated heterocycles. The molecule has 0 spiro atoms. The summed E-state index contributed by atoms with van der Waals surface area (Å²) in [4.78, 5) is 11.1. The van der Waals surface area contributed by atoms with E-state index in [4.69, 9.17) is 10.8 Å². The van der Waals surface area contributed by atoms with Crippen LogP contribution in [0.15, 0.2) is 30.3 Å². The summed E-state index contributed by atoms with van der Waals surface area (Å²) in [6, 6.07) is 8.72. The molecular weight excluding hydrogens is 458 g/mol. The Kier molecular flexibility index (Phi) is 13.0. The molecule has 35 heavy (non-hydrogen) atoms. The first-order valence-electron chi connectivity index (χ1n) is 12.0. The van der Waals surface area contributed by atoms with Crippen molar-refractivity contribution in [3.05, 3.63) is 35.9 Å². The molecule has 12 nitrogen and oxygen atoms in total. The summed E-state index contributed by atoms with van der Waals surface area (Å²) in [6.45, 7) is -0.0559. The maximum atomic E-state index is 11.1. The number of rotatable bonds is 19. The number of aliphatic carboxylic acids is 1. The monoisotopic (exact) mass is 499 g/mol. The van der Waals surface area contributed by atoms with Gasteiger partial charge < -0.3 is 36.4 Å². The minimum atomic E-state index is -1.16. The first kappa shape index (κ1) is 29.5. The van der Waals surface area contributed by atoms with E-state index < -0.39 is 43.0 Å². The lowest BCUT2D eigenvalue weighted by Crippen LogP contribution is -2.57. The average Bonchev–Trinajstić information content (AvgIpc) is 3.68. The van der Waals surface area contributed by atoms with Gasteiger partial charge in [0.25, 0.3) is 0 Å². The molecule has 0 radical (unpaired) electrons. The highest BCUT2D eigenvalue weighted by molar-refractivity contribution is 5.67. The zero-order valence-electron chi connectivity index (χ0n) is 19.8. The lowest BCUT2D eigenvalue weighted by Gasteiger charge is -2.29. The van der Waals surface area contributed by atoms with Gasteiger partial charge in [0.15, 0.2) is 0 Å². The summed E-state index contributed by atoms with van der Waals surface area (Å²) in [7, 11) is 0. The zero-order chi connectivity index (χ0) is 25.8. The summed E-state index contributed by atoms with van der Waals surface area (Å²) >= 11 is 0. The van der Waals surface area contributed by atoms with Crippen molar-refractivity contribution < 1.29 is 35.4 Å². The molecule has 1 aromatic rings. The third-order valence-corrected chi connectivity index (χ3v) is 6.07. The van der Waals surface area contributed by atoms with Gasteiger partial charge in [0.1, 0.15) is 24.9 Å². The lowest BCUT2D eigenvalue weighted by molar-refractivity contribution is -0.139. The highest BCUT2D eigenvalue weighted by Crippen LogP contribution is 2.40. The lowest BCUT2D eigenvalue weighted by atomic mass is 9.93. The summed E-state index contributed by atoms with van der Waals surface area (Å²) in [5.74, 6) is -1.13. The third-order valence-electron chi connectivity index (χ3n) is 6.07. The maximum Gasteiger partial charge on any atom is 0.303 e. The quantitative estimate of drug-likeness (QED) is 0.0862. The van der Waals surface area contributed by atoms with Gasteiger partial charge in [0.05, 0.1) is 18.6 Å². The van der Waals surface area contributed by atoms with Crippen LogP contribution in [0.5, 0.6) is 0 Å². The molecule has 0 aliphatic heterocycles. The molecule has 2 rings (SSSR count). The molecule has 7 atom stereocenters. The number of aliphatic hydroxyl groups is 5. The Bertz CT molecular complexity index is 727. The summed E-state index contributed by atoms with van der Waals surface area (Å²) in [5, 5.41) is 71.3. The fourth-order valence-electron chi connectivity index (χ4n) is 3.96. The van der Waals surface area contributed by atoms with Crippen LogP contribution in [0.1, 0.15) is 24.8 Å². The number of carbonyl (C=O) groups is 1. The van der Waals surface area contributed by atoms with Crippen molar-refractivity contribution >= 4 is 5.97 Å². The van der Waals surface area contributed by atoms with E-state index in [9.17, 15) is 30.3 Å². The predicted molar refractivity (Wildman–Crippen MR) is 129 cm³/mol. The van der Waals surface area contributed by atoms with E-state index in [2.05, 4.69) is 21.3 Å². The Morgan fingerprint density at radius 2 is 1.54 bits per heavy atom. The minimum absolute atomic E-state index is 0.00303. The Labute approximate surface area is 205 Å². The van der Waals surface area contributed by atoms with Gasteiger partial charge in [-0.1, -0.05) is 30.3 Å². The number of nitrogens with one attached hydrogen (secondary N) is 4. The molecule has 1 aromatic carbocycles. The van der Waals surface area contributed by atoms with E-state index >= 15 is 0 Å². The molecule has 200 valence electrons. The highest BCUT2D eigenvalue weighted by Gasteiger charge is 2.37. The van der Waals surface area contributed by atoms with E-state index in [1.165, 1.54) is 0 Å². The van der Waals surface area contributed by atoms with Crippen LogP contribution in [-0.4, -0.2) is 99.8 Å². The van der Waals surface area contributed by atoms with Crippen LogP contribution in [0.2, 0.25) is 0 Å². The fourth-order valence-corrected chi connectivity index (χ4v) is 3.96. The fraction of sp³-hybridized carbons (Fsp3) is 0.696. The van der Waals surface area contributed by atoms with Crippen LogP contribution in [0, 0.1) is 11.8 Å². The Morgan fingerprint density at radius 1 is 0.914 bits per heavy atom. The third kappa shape index (κ3) is 11.7. The second-order valence-electron chi connectivity index (χ2n) is 9.08. The normalized spacial score (nSPS) is 19.9. The number of aliphatic hydroxyl groups excluding tert-OH is 5. The molecule has 0 amide bonds. The molecule has 0 aromatic heterocycles. The number of hydrogen-bond acceptors (Lipinski definition) is 11. The van der Waals surface area contributed by atoms with Crippen molar-refractivity contribution in [1.29, 1.82) is 0 Å². The average molecular weight is 500 g/mol. The van der Waals surface area contributed by atoms with Gasteiger partial charge in [-0.25, -0.2) is 0 Å². The second kappa shape index (κ2) is 15.4. The Morgan fingerprint density at radius 3 is 2.14 bits per heavy atom. The first-order valence-corrected chi connectivity index (χ1v) is 12.0. The van der Waals surface area contributed by atoms with Crippen LogP contribution in [0.25, 0.3) is 0 Å². The van der Waals surface area contributed by atoms with Crippen molar-refractivity contribution in [1.82, 2.24) is 21.3 Å². The predicted octanol–water partition coefficient (Wildman–Crippen LogP) is -2.95. The SMILES string of the molecule is NC[C@H](O)NC[C@H](O)N[C@@H](Cc1ccccc1)[C@H](O)NC[C@H](O)NC[C@@H](O)[C@@H](CC(=O)O)C1CC1. The number of benzene rings is 1. The molecule has 0 unspecified atom stereocenters. The number of carboxylic acid groups (broad SMARTS) is 1. The number of carboxylic acids is 1. The Balaban J connectivity index is 1.84. The minimum Gasteiger partial charge on any atom is -0.481 e. The van der Waals surface area contributed by atoms with Crippen molar-refractivity contribution in [2.24, 2.45) is 17.6 Å². The van der Waals surface area contributed by atoms with Gasteiger partial charge in [-0.05, 0) is 36.7 Å². The molecule has 0 heterocycles. The largest absolute Gasteiger partial charge is 0.481 e. The molecule has 12 N–H and O–H groups in total. The summed E-state index contributed by atoms with van der Waals surface area (Å²) in [5.41, 5.74) is 6.26. The maximum absolute atomic E-state index is 11.1. The smallest absolute Gasteiger partial charge is 0.303 e. The van der Waals surface area contributed by atoms with Gasteiger partial charge in [-0.3, -0.25) is 26.1 Å². The molecule has 1 fully saturated rings. The van der Waals surface area contributed by atoms with Gasteiger partial charge in [0.2, 0.25) is 0 Å². The van der Waals surface area contributed by atoms with Crippen LogP contribution in [-0.2, 0) is 11.2 Å². The van der Waals surface area contributed by atoms with Crippen LogP contribution in [0.3, 0.4) is 0 Å². The molecule has 1 saturated carbocycles. The van der Waals surface area contributed by atoms with E-state index in [1.807, 2.05) is 30.3 Å². The van der Waals surface area contributed by atoms with Crippen molar-refractivity contribution in [3.63, 3.8) is 0 Å². The topological polar surface area (TPSA) is 213 Å². The number of nitrogens with two attached hydrogens (primary N) is 1. The second-order valence-corrected chi connectivity index (χ2v) is 9.08. The van der Waals surface area contributed by atoms with Gasteiger partial charge in [0, 0.05) is 26.2 Å². The van der Waals surface area contributed by atoms with Gasteiger partial charge in [-0.15, -0.1) is 0 Å². The van der Waals surface area contributed by atoms with E-state index in [0.717, 1.165) is 18.4 Å². The Hall–Kier alpha value is -1.71.